The molecule has 0 radical (unpaired) electrons. The minimum absolute atomic E-state index is 0.119. The zero-order valence-electron chi connectivity index (χ0n) is 17.4. The molecule has 31 heavy (non-hydrogen) atoms. The summed E-state index contributed by atoms with van der Waals surface area (Å²) in [6.07, 6.45) is -0.119. The fraction of sp³-hybridized carbons (Fsp3) is 0.250. The third-order valence-corrected chi connectivity index (χ3v) is 4.08. The summed E-state index contributed by atoms with van der Waals surface area (Å²) < 4.78 is 15.4. The van der Waals surface area contributed by atoms with Crippen molar-refractivity contribution < 1.29 is 28.7 Å². The molecule has 0 saturated carbocycles. The molecule has 2 rings (SSSR count). The maximum absolute atomic E-state index is 12.3. The summed E-state index contributed by atoms with van der Waals surface area (Å²) >= 11 is 0. The standard InChI is InChI=1S/C20H22N4O7/c1-12(22-23-20(26)13-5-8-16(29-2)18(10-13)31-4)9-19(25)21-15-7-6-14(24(27)28)11-17(15)30-3/h5-8,10-11H,9H2,1-4H3,(H,21,25)(H,23,26)/b22-12-. The lowest BCUT2D eigenvalue weighted by Gasteiger charge is -2.10. The van der Waals surface area contributed by atoms with E-state index in [4.69, 9.17) is 14.2 Å². The number of rotatable bonds is 9. The number of non-ortho nitro benzene ring substituents is 1. The van der Waals surface area contributed by atoms with Gasteiger partial charge in [-0.2, -0.15) is 5.10 Å². The van der Waals surface area contributed by atoms with E-state index in [0.29, 0.717) is 22.8 Å². The van der Waals surface area contributed by atoms with Crippen molar-refractivity contribution in [2.45, 2.75) is 13.3 Å². The number of anilines is 1. The number of nitro benzene ring substituents is 1. The van der Waals surface area contributed by atoms with Gasteiger partial charge in [-0.05, 0) is 31.2 Å². The third-order valence-electron chi connectivity index (χ3n) is 4.08. The van der Waals surface area contributed by atoms with Gasteiger partial charge >= 0.3 is 0 Å². The molecule has 11 heteroatoms. The Morgan fingerprint density at radius 2 is 1.68 bits per heavy atom. The second-order valence-corrected chi connectivity index (χ2v) is 6.22. The van der Waals surface area contributed by atoms with E-state index >= 15 is 0 Å². The smallest absolute Gasteiger partial charge is 0.273 e. The van der Waals surface area contributed by atoms with Crippen LogP contribution < -0.4 is 25.0 Å². The summed E-state index contributed by atoms with van der Waals surface area (Å²) in [5.74, 6) is 0.106. The SMILES string of the molecule is COc1cc([N+](=O)[O-])ccc1NC(=O)C/C(C)=N\NC(=O)c1ccc(OC)c(OC)c1. The van der Waals surface area contributed by atoms with E-state index in [1.54, 1.807) is 19.1 Å². The lowest BCUT2D eigenvalue weighted by molar-refractivity contribution is -0.384. The van der Waals surface area contributed by atoms with Crippen LogP contribution in [-0.4, -0.2) is 43.8 Å². The van der Waals surface area contributed by atoms with Crippen molar-refractivity contribution in [3.8, 4) is 17.2 Å². The number of ether oxygens (including phenoxy) is 3. The Hall–Kier alpha value is -4.15. The number of carbonyl (C=O) groups is 2. The maximum atomic E-state index is 12.3. The van der Waals surface area contributed by atoms with E-state index in [2.05, 4.69) is 15.8 Å². The van der Waals surface area contributed by atoms with Crippen LogP contribution in [0.2, 0.25) is 0 Å². The van der Waals surface area contributed by atoms with Crippen molar-refractivity contribution in [3.05, 3.63) is 52.1 Å². The van der Waals surface area contributed by atoms with Crippen LogP contribution in [-0.2, 0) is 4.79 Å². The first-order valence-electron chi connectivity index (χ1n) is 8.96. The molecule has 0 aliphatic heterocycles. The minimum Gasteiger partial charge on any atom is -0.494 e. The van der Waals surface area contributed by atoms with Crippen LogP contribution in [0.15, 0.2) is 41.5 Å². The summed E-state index contributed by atoms with van der Waals surface area (Å²) in [7, 11) is 4.29. The van der Waals surface area contributed by atoms with Gasteiger partial charge in [0.1, 0.15) is 5.75 Å². The van der Waals surface area contributed by atoms with Gasteiger partial charge in [-0.3, -0.25) is 19.7 Å². The molecule has 0 fully saturated rings. The molecule has 2 N–H and O–H groups in total. The van der Waals surface area contributed by atoms with Gasteiger partial charge < -0.3 is 19.5 Å². The van der Waals surface area contributed by atoms with E-state index in [1.807, 2.05) is 0 Å². The van der Waals surface area contributed by atoms with Gasteiger partial charge in [-0.15, -0.1) is 0 Å². The van der Waals surface area contributed by atoms with Crippen LogP contribution in [0.4, 0.5) is 11.4 Å². The molecule has 0 heterocycles. The van der Waals surface area contributed by atoms with E-state index in [-0.39, 0.29) is 23.5 Å². The first kappa shape index (κ1) is 23.1. The van der Waals surface area contributed by atoms with Gasteiger partial charge in [0.05, 0.1) is 44.4 Å². The fourth-order valence-electron chi connectivity index (χ4n) is 2.55. The average Bonchev–Trinajstić information content (AvgIpc) is 2.76. The number of benzene rings is 2. The van der Waals surface area contributed by atoms with E-state index in [9.17, 15) is 19.7 Å². The number of nitrogens with one attached hydrogen (secondary N) is 2. The Morgan fingerprint density at radius 1 is 1.00 bits per heavy atom. The maximum Gasteiger partial charge on any atom is 0.273 e. The molecule has 0 aliphatic rings. The Kier molecular flexibility index (Phi) is 7.89. The lowest BCUT2D eigenvalue weighted by Crippen LogP contribution is -2.21. The summed E-state index contributed by atoms with van der Waals surface area (Å²) in [6, 6.07) is 8.49. The second-order valence-electron chi connectivity index (χ2n) is 6.22. The number of hydrazone groups is 1. The van der Waals surface area contributed by atoms with Crippen LogP contribution in [0.25, 0.3) is 0 Å². The number of carbonyl (C=O) groups excluding carboxylic acids is 2. The molecule has 0 aromatic heterocycles. The molecule has 0 spiro atoms. The summed E-state index contributed by atoms with van der Waals surface area (Å²) in [5.41, 5.74) is 3.13. The Labute approximate surface area is 178 Å². The van der Waals surface area contributed by atoms with Gasteiger partial charge in [0.15, 0.2) is 11.5 Å². The topological polar surface area (TPSA) is 141 Å². The van der Waals surface area contributed by atoms with Crippen LogP contribution >= 0.6 is 0 Å². The lowest BCUT2D eigenvalue weighted by atomic mass is 10.2. The third kappa shape index (κ3) is 6.16. The van der Waals surface area contributed by atoms with E-state index in [1.165, 1.54) is 45.6 Å². The molecule has 0 saturated heterocycles. The quantitative estimate of drug-likeness (QED) is 0.354. The van der Waals surface area contributed by atoms with Gasteiger partial charge in [0.2, 0.25) is 5.91 Å². The van der Waals surface area contributed by atoms with Crippen molar-refractivity contribution >= 4 is 28.9 Å². The Balaban J connectivity index is 2.00. The van der Waals surface area contributed by atoms with Crippen molar-refractivity contribution in [2.24, 2.45) is 5.10 Å². The predicted octanol–water partition coefficient (Wildman–Crippen LogP) is 2.76. The molecule has 0 bridgehead atoms. The number of hydrogen-bond acceptors (Lipinski definition) is 8. The normalized spacial score (nSPS) is 10.8. The number of nitrogens with zero attached hydrogens (tertiary/aromatic N) is 2. The molecule has 2 amide bonds. The van der Waals surface area contributed by atoms with E-state index < -0.39 is 16.7 Å². The highest BCUT2D eigenvalue weighted by Gasteiger charge is 2.14. The van der Waals surface area contributed by atoms with Crippen molar-refractivity contribution in [1.82, 2.24) is 5.43 Å². The van der Waals surface area contributed by atoms with E-state index in [0.717, 1.165) is 0 Å². The van der Waals surface area contributed by atoms with Crippen molar-refractivity contribution in [1.29, 1.82) is 0 Å². The largest absolute Gasteiger partial charge is 0.494 e. The molecule has 0 unspecified atom stereocenters. The van der Waals surface area contributed by atoms with Gasteiger partial charge in [0.25, 0.3) is 11.6 Å². The first-order valence-corrected chi connectivity index (χ1v) is 8.96. The Bertz CT molecular complexity index is 1020. The predicted molar refractivity (Wildman–Crippen MR) is 113 cm³/mol. The Morgan fingerprint density at radius 3 is 2.29 bits per heavy atom. The summed E-state index contributed by atoms with van der Waals surface area (Å²) in [6.45, 7) is 1.57. The highest BCUT2D eigenvalue weighted by Crippen LogP contribution is 2.29. The van der Waals surface area contributed by atoms with Gasteiger partial charge in [-0.25, -0.2) is 5.43 Å². The zero-order chi connectivity index (χ0) is 23.0. The molecule has 2 aromatic rings. The van der Waals surface area contributed by atoms with Crippen LogP contribution in [0.3, 0.4) is 0 Å². The summed E-state index contributed by atoms with van der Waals surface area (Å²) in [4.78, 5) is 34.8. The van der Waals surface area contributed by atoms with Crippen LogP contribution in [0.1, 0.15) is 23.7 Å². The van der Waals surface area contributed by atoms with Crippen molar-refractivity contribution in [3.63, 3.8) is 0 Å². The van der Waals surface area contributed by atoms with Gasteiger partial charge in [-0.1, -0.05) is 0 Å². The molecular formula is C20H22N4O7. The van der Waals surface area contributed by atoms with Crippen LogP contribution in [0, 0.1) is 10.1 Å². The number of amides is 2. The monoisotopic (exact) mass is 430 g/mol. The second kappa shape index (κ2) is 10.6. The molecule has 2 aromatic carbocycles. The highest BCUT2D eigenvalue weighted by molar-refractivity contribution is 6.06. The average molecular weight is 430 g/mol. The number of nitro groups is 1. The summed E-state index contributed by atoms with van der Waals surface area (Å²) in [5, 5.41) is 17.4. The van der Waals surface area contributed by atoms with Gasteiger partial charge in [0, 0.05) is 17.3 Å². The zero-order valence-corrected chi connectivity index (χ0v) is 17.4. The molecule has 0 atom stereocenters. The molecule has 11 nitrogen and oxygen atoms in total. The fourth-order valence-corrected chi connectivity index (χ4v) is 2.55. The molecule has 0 aliphatic carbocycles. The number of hydrogen-bond donors (Lipinski definition) is 2. The molecule has 164 valence electrons. The first-order chi connectivity index (χ1) is 14.8. The minimum atomic E-state index is -0.563. The molecular weight excluding hydrogens is 408 g/mol. The highest BCUT2D eigenvalue weighted by atomic mass is 16.6. The number of methoxy groups -OCH3 is 3. The van der Waals surface area contributed by atoms with Crippen molar-refractivity contribution in [2.75, 3.05) is 26.6 Å². The van der Waals surface area contributed by atoms with Crippen LogP contribution in [0.5, 0.6) is 17.2 Å².